The summed E-state index contributed by atoms with van der Waals surface area (Å²) in [6.07, 6.45) is 5.98. The van der Waals surface area contributed by atoms with Crippen LogP contribution < -0.4 is 15.8 Å². The first-order valence-corrected chi connectivity index (χ1v) is 16.7. The van der Waals surface area contributed by atoms with Gasteiger partial charge in [0, 0.05) is 42.7 Å². The van der Waals surface area contributed by atoms with Crippen LogP contribution in [-0.4, -0.2) is 67.6 Å². The third-order valence-electron chi connectivity index (χ3n) is 10.8. The second kappa shape index (κ2) is 10.5. The minimum Gasteiger partial charge on any atom is -0.482 e. The number of hydrogen-bond acceptors (Lipinski definition) is 6. The number of aryl methyl sites for hydroxylation is 1. The third kappa shape index (κ3) is 4.77. The molecule has 5 heterocycles. The summed E-state index contributed by atoms with van der Waals surface area (Å²) in [6, 6.07) is 9.65. The van der Waals surface area contributed by atoms with Gasteiger partial charge in [-0.1, -0.05) is 0 Å². The van der Waals surface area contributed by atoms with E-state index in [1.54, 1.807) is 7.11 Å². The third-order valence-corrected chi connectivity index (χ3v) is 10.8. The molecule has 0 unspecified atom stereocenters. The first kappa shape index (κ1) is 29.4. The standard InChI is InChI=1S/C35H42FN7O3/c1-20(38-33(45)34-17-35(36,18-34)19-34)26-9-8-23-13-27(42(31(23)39-26)16-22-6-7-22)30-21(2)43-28(40-30)14-24(15-29(43)46-3)32(44)41-11-4-5-25(37)10-12-41/h8-9,13-15,20,22,25H,4-7,10-12,16-19,37H2,1-3H3,(H,38,45)/t20-,25-,34?,35?/m1/s1. The fraction of sp³-hybridized carbons (Fsp3) is 0.543. The predicted octanol–water partition coefficient (Wildman–Crippen LogP) is 5.10. The number of hydrogen-bond donors (Lipinski definition) is 2. The van der Waals surface area contributed by atoms with E-state index in [-0.39, 0.29) is 23.9 Å². The second-order valence-corrected chi connectivity index (χ2v) is 14.4. The molecule has 9 rings (SSSR count). The molecule has 0 aromatic carbocycles. The van der Waals surface area contributed by atoms with Gasteiger partial charge in [0.25, 0.3) is 5.91 Å². The fourth-order valence-corrected chi connectivity index (χ4v) is 7.95. The Bertz CT molecular complexity index is 1870. The molecule has 4 aliphatic carbocycles. The number of ether oxygens (including phenoxy) is 1. The van der Waals surface area contributed by atoms with Gasteiger partial charge < -0.3 is 25.3 Å². The SMILES string of the molecule is COc1cc(C(=O)N2CCC[C@@H](N)CC2)cc2nc(-c3cc4ccc([C@@H](C)NC(=O)C56CC(F)(C5)C6)nc4n3CC3CC3)c(C)n12. The number of nitrogens with zero attached hydrogens (tertiary/aromatic N) is 5. The van der Waals surface area contributed by atoms with Crippen molar-refractivity contribution in [2.45, 2.75) is 89.5 Å². The Hall–Kier alpha value is -3.99. The number of amides is 2. The lowest BCUT2D eigenvalue weighted by atomic mass is 9.42. The summed E-state index contributed by atoms with van der Waals surface area (Å²) in [7, 11) is 1.62. The van der Waals surface area contributed by atoms with Crippen LogP contribution in [0.1, 0.15) is 86.1 Å². The molecule has 4 aromatic heterocycles. The number of nitrogens with one attached hydrogen (secondary N) is 1. The average Bonchev–Trinajstić information content (AvgIpc) is 3.73. The fourth-order valence-electron chi connectivity index (χ4n) is 7.95. The van der Waals surface area contributed by atoms with Crippen LogP contribution in [0.2, 0.25) is 0 Å². The number of rotatable bonds is 8. The molecule has 1 aliphatic heterocycles. The highest BCUT2D eigenvalue weighted by Gasteiger charge is 2.72. The Labute approximate surface area is 267 Å². The van der Waals surface area contributed by atoms with Crippen LogP contribution in [0.3, 0.4) is 0 Å². The number of carbonyl (C=O) groups is 2. The molecule has 2 bridgehead atoms. The van der Waals surface area contributed by atoms with Gasteiger partial charge in [-0.3, -0.25) is 14.0 Å². The molecule has 4 aromatic rings. The zero-order valence-corrected chi connectivity index (χ0v) is 26.8. The van der Waals surface area contributed by atoms with E-state index in [0.717, 1.165) is 59.6 Å². The summed E-state index contributed by atoms with van der Waals surface area (Å²) in [5.41, 5.74) is 10.0. The first-order chi connectivity index (χ1) is 22.1. The summed E-state index contributed by atoms with van der Waals surface area (Å²) >= 11 is 0. The Morgan fingerprint density at radius 2 is 1.89 bits per heavy atom. The van der Waals surface area contributed by atoms with E-state index in [2.05, 4.69) is 22.0 Å². The maximum atomic E-state index is 14.1. The highest BCUT2D eigenvalue weighted by atomic mass is 19.1. The number of fused-ring (bicyclic) bond motifs is 2. The summed E-state index contributed by atoms with van der Waals surface area (Å²) in [6.45, 7) is 6.12. The van der Waals surface area contributed by atoms with Gasteiger partial charge in [-0.25, -0.2) is 14.4 Å². The summed E-state index contributed by atoms with van der Waals surface area (Å²) in [5.74, 6) is 1.03. The summed E-state index contributed by atoms with van der Waals surface area (Å²) in [5, 5.41) is 4.10. The Kier molecular flexibility index (Phi) is 6.72. The lowest BCUT2D eigenvalue weighted by Gasteiger charge is -2.64. The van der Waals surface area contributed by atoms with Gasteiger partial charge in [-0.05, 0) is 95.4 Å². The van der Waals surface area contributed by atoms with Crippen LogP contribution in [0.15, 0.2) is 30.3 Å². The molecule has 11 heteroatoms. The van der Waals surface area contributed by atoms with Crippen molar-refractivity contribution < 1.29 is 18.7 Å². The van der Waals surface area contributed by atoms with Gasteiger partial charge in [0.15, 0.2) is 5.88 Å². The van der Waals surface area contributed by atoms with Crippen LogP contribution in [0.5, 0.6) is 5.88 Å². The second-order valence-electron chi connectivity index (χ2n) is 14.4. The van der Waals surface area contributed by atoms with Crippen molar-refractivity contribution in [3.8, 4) is 17.3 Å². The van der Waals surface area contributed by atoms with Gasteiger partial charge in [0.2, 0.25) is 5.91 Å². The van der Waals surface area contributed by atoms with Crippen molar-refractivity contribution in [2.75, 3.05) is 20.2 Å². The number of halogens is 1. The van der Waals surface area contributed by atoms with Crippen LogP contribution in [0.4, 0.5) is 4.39 Å². The van der Waals surface area contributed by atoms with Crippen molar-refractivity contribution in [3.05, 3.63) is 47.3 Å². The van der Waals surface area contributed by atoms with Crippen molar-refractivity contribution in [2.24, 2.45) is 17.1 Å². The van der Waals surface area contributed by atoms with Gasteiger partial charge in [0.05, 0.1) is 35.6 Å². The van der Waals surface area contributed by atoms with Crippen LogP contribution in [0, 0.1) is 18.3 Å². The maximum Gasteiger partial charge on any atom is 0.254 e. The van der Waals surface area contributed by atoms with E-state index in [1.807, 2.05) is 41.3 Å². The largest absolute Gasteiger partial charge is 0.482 e. The number of alkyl halides is 1. The molecule has 1 saturated heterocycles. The Balaban J connectivity index is 1.15. The summed E-state index contributed by atoms with van der Waals surface area (Å²) < 4.78 is 24.1. The molecule has 0 radical (unpaired) electrons. The molecule has 10 nitrogen and oxygen atoms in total. The number of nitrogens with two attached hydrogens (primary N) is 1. The van der Waals surface area contributed by atoms with Crippen molar-refractivity contribution in [1.29, 1.82) is 0 Å². The topological polar surface area (TPSA) is 120 Å². The summed E-state index contributed by atoms with van der Waals surface area (Å²) in [4.78, 5) is 38.7. The average molecular weight is 628 g/mol. The first-order valence-electron chi connectivity index (χ1n) is 16.7. The minimum atomic E-state index is -1.11. The maximum absolute atomic E-state index is 14.1. The number of imidazole rings is 1. The quantitative estimate of drug-likeness (QED) is 0.281. The van der Waals surface area contributed by atoms with E-state index < -0.39 is 11.1 Å². The molecule has 242 valence electrons. The number of aromatic nitrogens is 4. The van der Waals surface area contributed by atoms with E-state index in [9.17, 15) is 14.0 Å². The highest BCUT2D eigenvalue weighted by Crippen LogP contribution is 2.69. The van der Waals surface area contributed by atoms with Crippen LogP contribution >= 0.6 is 0 Å². The Morgan fingerprint density at radius 3 is 2.61 bits per heavy atom. The zero-order chi connectivity index (χ0) is 32.0. The van der Waals surface area contributed by atoms with Gasteiger partial charge in [-0.2, -0.15) is 0 Å². The number of likely N-dealkylation sites (tertiary alicyclic amines) is 1. The molecule has 5 aliphatic rings. The van der Waals surface area contributed by atoms with Crippen molar-refractivity contribution in [3.63, 3.8) is 0 Å². The predicted molar refractivity (Wildman–Crippen MR) is 172 cm³/mol. The van der Waals surface area contributed by atoms with Crippen LogP contribution in [-0.2, 0) is 11.3 Å². The van der Waals surface area contributed by atoms with Crippen LogP contribution in [0.25, 0.3) is 28.1 Å². The molecule has 0 spiro atoms. The van der Waals surface area contributed by atoms with E-state index in [0.29, 0.717) is 55.4 Å². The molecule has 5 fully saturated rings. The van der Waals surface area contributed by atoms with E-state index >= 15 is 0 Å². The minimum absolute atomic E-state index is 0.0314. The zero-order valence-electron chi connectivity index (χ0n) is 26.8. The van der Waals surface area contributed by atoms with E-state index in [4.69, 9.17) is 20.4 Å². The number of pyridine rings is 2. The molecule has 2 amide bonds. The lowest BCUT2D eigenvalue weighted by molar-refractivity contribution is -0.214. The molecular weight excluding hydrogens is 585 g/mol. The Morgan fingerprint density at radius 1 is 1.11 bits per heavy atom. The van der Waals surface area contributed by atoms with Crippen molar-refractivity contribution in [1.82, 2.24) is 29.2 Å². The van der Waals surface area contributed by atoms with Gasteiger partial charge >= 0.3 is 0 Å². The molecule has 3 N–H and O–H groups in total. The smallest absolute Gasteiger partial charge is 0.254 e. The molecule has 46 heavy (non-hydrogen) atoms. The lowest BCUT2D eigenvalue weighted by Crippen LogP contribution is -2.70. The monoisotopic (exact) mass is 627 g/mol. The van der Waals surface area contributed by atoms with Gasteiger partial charge in [0.1, 0.15) is 22.7 Å². The molecular formula is C35H42FN7O3. The van der Waals surface area contributed by atoms with Gasteiger partial charge in [-0.15, -0.1) is 0 Å². The number of carbonyl (C=O) groups excluding carboxylic acids is 2. The van der Waals surface area contributed by atoms with E-state index in [1.165, 1.54) is 12.8 Å². The number of methoxy groups -OCH3 is 1. The highest BCUT2D eigenvalue weighted by molar-refractivity contribution is 5.96. The normalized spacial score (nSPS) is 26.4. The van der Waals surface area contributed by atoms with Crippen molar-refractivity contribution >= 4 is 28.5 Å². The molecule has 4 saturated carbocycles. The molecule has 2 atom stereocenters.